The fourth-order valence-corrected chi connectivity index (χ4v) is 1.32. The molecule has 1 unspecified atom stereocenters. The van der Waals surface area contributed by atoms with Crippen LogP contribution in [0.2, 0.25) is 0 Å². The molecule has 0 spiro atoms. The van der Waals surface area contributed by atoms with Crippen LogP contribution in [0.1, 0.15) is 18.5 Å². The van der Waals surface area contributed by atoms with Crippen molar-refractivity contribution in [1.82, 2.24) is 5.32 Å². The predicted octanol–water partition coefficient (Wildman–Crippen LogP) is 1.65. The molecule has 1 atom stereocenters. The van der Waals surface area contributed by atoms with Gasteiger partial charge in [0.2, 0.25) is 0 Å². The molecule has 0 radical (unpaired) electrons. The van der Waals surface area contributed by atoms with E-state index < -0.39 is 18.1 Å². The number of methoxy groups -OCH3 is 1. The average molecular weight is 261 g/mol. The molecule has 0 saturated carbocycles. The molecule has 0 aromatic heterocycles. The summed E-state index contributed by atoms with van der Waals surface area (Å²) in [4.78, 5) is 22.4. The number of carbonyl (C=O) groups is 2. The molecule has 19 heavy (non-hydrogen) atoms. The highest BCUT2D eigenvalue weighted by molar-refractivity contribution is 5.88. The van der Waals surface area contributed by atoms with Gasteiger partial charge in [0.25, 0.3) is 0 Å². The number of benzene rings is 1. The molecule has 1 amide bonds. The minimum Gasteiger partial charge on any atom is -0.456 e. The van der Waals surface area contributed by atoms with Crippen LogP contribution in [0.15, 0.2) is 30.3 Å². The Morgan fingerprint density at radius 1 is 1.32 bits per heavy atom. The fraction of sp³-hybridized carbons (Fsp3) is 0.286. The van der Waals surface area contributed by atoms with Gasteiger partial charge < -0.3 is 14.8 Å². The third kappa shape index (κ3) is 5.13. The van der Waals surface area contributed by atoms with Crippen LogP contribution < -0.4 is 5.32 Å². The van der Waals surface area contributed by atoms with E-state index in [1.54, 1.807) is 19.1 Å². The van der Waals surface area contributed by atoms with E-state index in [0.717, 1.165) is 5.56 Å². The number of hydrogen-bond donors (Lipinski definition) is 1. The number of esters is 1. The summed E-state index contributed by atoms with van der Waals surface area (Å²) < 4.78 is 9.23. The molecule has 0 aliphatic heterocycles. The maximum Gasteiger partial charge on any atom is 0.408 e. The summed E-state index contributed by atoms with van der Waals surface area (Å²) in [5, 5.41) is 2.54. The van der Waals surface area contributed by atoms with E-state index in [9.17, 15) is 9.59 Å². The number of ether oxygens (including phenoxy) is 2. The van der Waals surface area contributed by atoms with Crippen LogP contribution >= 0.6 is 0 Å². The van der Waals surface area contributed by atoms with Crippen molar-refractivity contribution < 1.29 is 19.1 Å². The van der Waals surface area contributed by atoms with Crippen LogP contribution in [0, 0.1) is 11.8 Å². The lowest BCUT2D eigenvalue weighted by atomic mass is 10.1. The van der Waals surface area contributed by atoms with Crippen LogP contribution in [0.3, 0.4) is 0 Å². The number of hydrogen-bond acceptors (Lipinski definition) is 4. The van der Waals surface area contributed by atoms with Crippen molar-refractivity contribution in [2.45, 2.75) is 13.0 Å². The summed E-state index contributed by atoms with van der Waals surface area (Å²) in [5.74, 6) is 4.35. The minimum absolute atomic E-state index is 0.258. The Morgan fingerprint density at radius 3 is 2.58 bits per heavy atom. The van der Waals surface area contributed by atoms with Crippen LogP contribution in [-0.4, -0.2) is 25.8 Å². The number of alkyl carbamates (subject to hydrolysis) is 1. The van der Waals surface area contributed by atoms with Crippen LogP contribution in [0.5, 0.6) is 0 Å². The summed E-state index contributed by atoms with van der Waals surface area (Å²) in [7, 11) is 1.26. The van der Waals surface area contributed by atoms with Crippen molar-refractivity contribution in [2.75, 3.05) is 13.7 Å². The monoisotopic (exact) mass is 261 g/mol. The summed E-state index contributed by atoms with van der Waals surface area (Å²) in [6.45, 7) is 1.95. The van der Waals surface area contributed by atoms with Gasteiger partial charge in [0, 0.05) is 5.92 Å². The zero-order valence-electron chi connectivity index (χ0n) is 10.8. The fourth-order valence-electron chi connectivity index (χ4n) is 1.32. The Hall–Kier alpha value is -2.48. The van der Waals surface area contributed by atoms with Gasteiger partial charge in [-0.2, -0.15) is 0 Å². The van der Waals surface area contributed by atoms with E-state index in [-0.39, 0.29) is 6.61 Å². The molecular weight excluding hydrogens is 246 g/mol. The second kappa shape index (κ2) is 7.77. The van der Waals surface area contributed by atoms with Crippen molar-refractivity contribution >= 4 is 12.1 Å². The van der Waals surface area contributed by atoms with Crippen molar-refractivity contribution in [3.05, 3.63) is 35.9 Å². The lowest BCUT2D eigenvalue weighted by Crippen LogP contribution is -2.27. The molecule has 0 fully saturated rings. The van der Waals surface area contributed by atoms with Crippen molar-refractivity contribution in [3.63, 3.8) is 0 Å². The van der Waals surface area contributed by atoms with Gasteiger partial charge in [-0.3, -0.25) is 0 Å². The average Bonchev–Trinajstić information content (AvgIpc) is 2.44. The predicted molar refractivity (Wildman–Crippen MR) is 69.1 cm³/mol. The van der Waals surface area contributed by atoms with Gasteiger partial charge in [-0.1, -0.05) is 36.3 Å². The number of rotatable bonds is 3. The molecule has 1 aromatic carbocycles. The first kappa shape index (κ1) is 14.6. The van der Waals surface area contributed by atoms with Crippen molar-refractivity contribution in [3.8, 4) is 11.8 Å². The topological polar surface area (TPSA) is 64.6 Å². The molecule has 1 rings (SSSR count). The zero-order valence-corrected chi connectivity index (χ0v) is 10.8. The first-order valence-electron chi connectivity index (χ1n) is 5.75. The highest BCUT2D eigenvalue weighted by atomic mass is 16.5. The molecule has 0 saturated heterocycles. The second-order valence-corrected chi connectivity index (χ2v) is 3.47. The van der Waals surface area contributed by atoms with Crippen LogP contribution in [0.4, 0.5) is 4.79 Å². The van der Waals surface area contributed by atoms with Gasteiger partial charge in [0.05, 0.1) is 13.7 Å². The Morgan fingerprint density at radius 2 is 2.00 bits per heavy atom. The molecule has 0 aliphatic carbocycles. The van der Waals surface area contributed by atoms with Gasteiger partial charge in [-0.25, -0.2) is 9.59 Å². The Balaban J connectivity index is 2.87. The van der Waals surface area contributed by atoms with Gasteiger partial charge in [-0.05, 0) is 12.5 Å². The van der Waals surface area contributed by atoms with E-state index >= 15 is 0 Å². The van der Waals surface area contributed by atoms with Gasteiger partial charge in [-0.15, -0.1) is 0 Å². The van der Waals surface area contributed by atoms with E-state index in [2.05, 4.69) is 21.9 Å². The molecule has 0 aliphatic rings. The Labute approximate surface area is 111 Å². The largest absolute Gasteiger partial charge is 0.456 e. The van der Waals surface area contributed by atoms with E-state index in [1.165, 1.54) is 7.11 Å². The molecule has 0 heterocycles. The van der Waals surface area contributed by atoms with E-state index in [4.69, 9.17) is 4.74 Å². The van der Waals surface area contributed by atoms with Gasteiger partial charge >= 0.3 is 12.1 Å². The second-order valence-electron chi connectivity index (χ2n) is 3.47. The Bertz CT molecular complexity index is 487. The lowest BCUT2D eigenvalue weighted by molar-refractivity contribution is -0.136. The quantitative estimate of drug-likeness (QED) is 0.510. The van der Waals surface area contributed by atoms with Crippen molar-refractivity contribution in [2.24, 2.45) is 0 Å². The molecular formula is C14H15NO4. The highest BCUT2D eigenvalue weighted by Gasteiger charge is 2.12. The maximum atomic E-state index is 11.2. The summed E-state index contributed by atoms with van der Waals surface area (Å²) in [5.41, 5.74) is 0.754. The number of carbonyl (C=O) groups excluding carboxylic acids is 2. The standard InChI is InChI=1S/C14H15NO4/c1-3-19-13(16)10-9-12(15-14(17)18-2)11-7-5-4-6-8-11/h4-8,12H,3H2,1-2H3,(H,15,17). The third-order valence-electron chi connectivity index (χ3n) is 2.17. The van der Waals surface area contributed by atoms with E-state index in [1.807, 2.05) is 18.2 Å². The molecule has 1 N–H and O–H groups in total. The lowest BCUT2D eigenvalue weighted by Gasteiger charge is -2.12. The number of nitrogens with one attached hydrogen (secondary N) is 1. The summed E-state index contributed by atoms with van der Waals surface area (Å²) >= 11 is 0. The molecule has 1 aromatic rings. The number of amides is 1. The smallest absolute Gasteiger partial charge is 0.408 e. The normalized spacial score (nSPS) is 10.6. The maximum absolute atomic E-state index is 11.2. The van der Waals surface area contributed by atoms with Gasteiger partial charge in [0.1, 0.15) is 6.04 Å². The van der Waals surface area contributed by atoms with Gasteiger partial charge in [0.15, 0.2) is 0 Å². The summed E-state index contributed by atoms with van der Waals surface area (Å²) in [6.07, 6.45) is -0.619. The van der Waals surface area contributed by atoms with Crippen LogP contribution in [-0.2, 0) is 14.3 Å². The Kier molecular flexibility index (Phi) is 5.96. The third-order valence-corrected chi connectivity index (χ3v) is 2.17. The highest BCUT2D eigenvalue weighted by Crippen LogP contribution is 2.11. The zero-order chi connectivity index (χ0) is 14.1. The first-order chi connectivity index (χ1) is 9.17. The first-order valence-corrected chi connectivity index (χ1v) is 5.75. The molecule has 5 heteroatoms. The molecule has 100 valence electrons. The molecule has 0 bridgehead atoms. The van der Waals surface area contributed by atoms with E-state index in [0.29, 0.717) is 0 Å². The molecule has 5 nitrogen and oxygen atoms in total. The minimum atomic E-state index is -0.630. The van der Waals surface area contributed by atoms with Crippen molar-refractivity contribution in [1.29, 1.82) is 0 Å². The van der Waals surface area contributed by atoms with Crippen LogP contribution in [0.25, 0.3) is 0 Å². The SMILES string of the molecule is CCOC(=O)C#CC(NC(=O)OC)c1ccccc1. The summed E-state index contributed by atoms with van der Waals surface area (Å²) in [6, 6.07) is 8.43.